The number of nitrogens with one attached hydrogen (secondary N) is 2. The van der Waals surface area contributed by atoms with E-state index in [2.05, 4.69) is 10.6 Å². The molecule has 19 heavy (non-hydrogen) atoms. The zero-order chi connectivity index (χ0) is 13.1. The Morgan fingerprint density at radius 3 is 2.95 bits per heavy atom. The van der Waals surface area contributed by atoms with Gasteiger partial charge >= 0.3 is 0 Å². The molecular weight excluding hydrogens is 276 g/mol. The van der Waals surface area contributed by atoms with Crippen molar-refractivity contribution >= 4 is 29.4 Å². The Bertz CT molecular complexity index is 307. The van der Waals surface area contributed by atoms with Crippen LogP contribution < -0.4 is 10.6 Å². The molecule has 0 aromatic heterocycles. The minimum absolute atomic E-state index is 0.0781. The predicted octanol–water partition coefficient (Wildman–Crippen LogP) is 1.87. The maximum absolute atomic E-state index is 12.2. The standard InChI is InChI=1S/C14H24N2OS2/c17-14(15-8-11-9-18-5-6-19-11)13-7-10-3-1-2-4-12(10)16-13/h10-13,16H,1-9H2,(H,15,17). The Kier molecular flexibility index (Phi) is 4.98. The van der Waals surface area contributed by atoms with Gasteiger partial charge in [-0.3, -0.25) is 4.79 Å². The molecule has 3 fully saturated rings. The summed E-state index contributed by atoms with van der Waals surface area (Å²) in [5.74, 6) is 4.68. The maximum Gasteiger partial charge on any atom is 0.237 e. The Labute approximate surface area is 124 Å². The molecule has 0 radical (unpaired) electrons. The van der Waals surface area contributed by atoms with E-state index in [9.17, 15) is 4.79 Å². The molecule has 2 saturated heterocycles. The summed E-state index contributed by atoms with van der Waals surface area (Å²) in [6.07, 6.45) is 6.33. The third kappa shape index (κ3) is 3.61. The molecule has 0 bridgehead atoms. The summed E-state index contributed by atoms with van der Waals surface area (Å²) in [6, 6.07) is 0.693. The number of hydrogen-bond donors (Lipinski definition) is 2. The lowest BCUT2D eigenvalue weighted by Gasteiger charge is -2.24. The highest BCUT2D eigenvalue weighted by Gasteiger charge is 2.38. The highest BCUT2D eigenvalue weighted by molar-refractivity contribution is 8.06. The van der Waals surface area contributed by atoms with Gasteiger partial charge in [-0.1, -0.05) is 12.8 Å². The van der Waals surface area contributed by atoms with E-state index in [-0.39, 0.29) is 11.9 Å². The van der Waals surface area contributed by atoms with E-state index in [1.807, 2.05) is 23.5 Å². The second-order valence-electron chi connectivity index (χ2n) is 5.92. The van der Waals surface area contributed by atoms with E-state index < -0.39 is 0 Å². The summed E-state index contributed by atoms with van der Waals surface area (Å²) >= 11 is 4.03. The van der Waals surface area contributed by atoms with Gasteiger partial charge in [0.2, 0.25) is 5.91 Å². The van der Waals surface area contributed by atoms with Gasteiger partial charge in [0.25, 0.3) is 0 Å². The van der Waals surface area contributed by atoms with Crippen LogP contribution in [0.3, 0.4) is 0 Å². The van der Waals surface area contributed by atoms with Gasteiger partial charge in [-0.25, -0.2) is 0 Å². The van der Waals surface area contributed by atoms with E-state index in [1.54, 1.807) is 0 Å². The zero-order valence-corrected chi connectivity index (χ0v) is 13.0. The van der Waals surface area contributed by atoms with Crippen molar-refractivity contribution in [1.29, 1.82) is 0 Å². The smallest absolute Gasteiger partial charge is 0.237 e. The first-order chi connectivity index (χ1) is 9.33. The van der Waals surface area contributed by atoms with E-state index in [0.717, 1.165) is 18.9 Å². The molecule has 3 aliphatic rings. The van der Waals surface area contributed by atoms with Crippen molar-refractivity contribution in [2.45, 2.75) is 49.4 Å². The molecule has 2 aliphatic heterocycles. The van der Waals surface area contributed by atoms with Crippen LogP contribution in [0.2, 0.25) is 0 Å². The molecule has 1 saturated carbocycles. The van der Waals surface area contributed by atoms with Crippen molar-refractivity contribution in [3.05, 3.63) is 0 Å². The molecule has 0 aromatic rings. The summed E-state index contributed by atoms with van der Waals surface area (Å²) in [5.41, 5.74) is 0. The van der Waals surface area contributed by atoms with Gasteiger partial charge in [0.15, 0.2) is 0 Å². The van der Waals surface area contributed by atoms with Gasteiger partial charge < -0.3 is 10.6 Å². The van der Waals surface area contributed by atoms with Crippen LogP contribution in [0.1, 0.15) is 32.1 Å². The first-order valence-corrected chi connectivity index (χ1v) is 9.76. The summed E-state index contributed by atoms with van der Waals surface area (Å²) in [7, 11) is 0. The predicted molar refractivity (Wildman–Crippen MR) is 83.9 cm³/mol. The SMILES string of the molecule is O=C(NCC1CSCCS1)C1CC2CCCCC2N1. The fourth-order valence-corrected chi connectivity index (χ4v) is 6.13. The van der Waals surface area contributed by atoms with E-state index >= 15 is 0 Å². The van der Waals surface area contributed by atoms with Crippen LogP contribution in [0.15, 0.2) is 0 Å². The monoisotopic (exact) mass is 300 g/mol. The molecule has 1 amide bonds. The van der Waals surface area contributed by atoms with Gasteiger partial charge in [0.1, 0.15) is 0 Å². The van der Waals surface area contributed by atoms with Gasteiger partial charge in [0.05, 0.1) is 6.04 Å². The lowest BCUT2D eigenvalue weighted by atomic mass is 9.85. The summed E-state index contributed by atoms with van der Waals surface area (Å²) in [6.45, 7) is 0.851. The number of carbonyl (C=O) groups excluding carboxylic acids is 1. The third-order valence-corrected chi connectivity index (χ3v) is 7.41. The second-order valence-corrected chi connectivity index (χ2v) is 8.48. The molecule has 3 rings (SSSR count). The molecule has 2 heterocycles. The largest absolute Gasteiger partial charge is 0.354 e. The molecule has 0 aromatic carbocycles. The molecule has 5 heteroatoms. The number of fused-ring (bicyclic) bond motifs is 1. The molecule has 2 N–H and O–H groups in total. The van der Waals surface area contributed by atoms with Gasteiger partial charge in [-0.05, 0) is 25.2 Å². The van der Waals surface area contributed by atoms with Crippen molar-refractivity contribution in [2.24, 2.45) is 5.92 Å². The van der Waals surface area contributed by atoms with Crippen molar-refractivity contribution in [1.82, 2.24) is 10.6 Å². The lowest BCUT2D eigenvalue weighted by molar-refractivity contribution is -0.122. The second kappa shape index (κ2) is 6.72. The summed E-state index contributed by atoms with van der Waals surface area (Å²) < 4.78 is 0. The first-order valence-electron chi connectivity index (χ1n) is 7.56. The molecule has 108 valence electrons. The zero-order valence-electron chi connectivity index (χ0n) is 11.4. The van der Waals surface area contributed by atoms with E-state index in [0.29, 0.717) is 11.3 Å². The number of rotatable bonds is 3. The topological polar surface area (TPSA) is 41.1 Å². The Hall–Kier alpha value is 0.130. The van der Waals surface area contributed by atoms with Crippen molar-refractivity contribution in [2.75, 3.05) is 23.8 Å². The van der Waals surface area contributed by atoms with Crippen molar-refractivity contribution in [3.8, 4) is 0 Å². The lowest BCUT2D eigenvalue weighted by Crippen LogP contribution is -2.45. The van der Waals surface area contributed by atoms with Crippen molar-refractivity contribution < 1.29 is 4.79 Å². The fraction of sp³-hybridized carbons (Fsp3) is 0.929. The van der Waals surface area contributed by atoms with Crippen LogP contribution >= 0.6 is 23.5 Å². The highest BCUT2D eigenvalue weighted by Crippen LogP contribution is 2.33. The molecule has 0 spiro atoms. The van der Waals surface area contributed by atoms with Crippen LogP contribution in [0.25, 0.3) is 0 Å². The van der Waals surface area contributed by atoms with Gasteiger partial charge in [-0.15, -0.1) is 0 Å². The average molecular weight is 300 g/mol. The van der Waals surface area contributed by atoms with Crippen LogP contribution in [-0.4, -0.2) is 47.0 Å². The summed E-state index contributed by atoms with van der Waals surface area (Å²) in [5, 5.41) is 7.34. The summed E-state index contributed by atoms with van der Waals surface area (Å²) in [4.78, 5) is 12.2. The van der Waals surface area contributed by atoms with Crippen LogP contribution in [0.4, 0.5) is 0 Å². The highest BCUT2D eigenvalue weighted by atomic mass is 32.2. The van der Waals surface area contributed by atoms with Crippen LogP contribution in [-0.2, 0) is 4.79 Å². The number of carbonyl (C=O) groups is 1. The van der Waals surface area contributed by atoms with E-state index in [4.69, 9.17) is 0 Å². The number of amides is 1. The van der Waals surface area contributed by atoms with Crippen LogP contribution in [0, 0.1) is 5.92 Å². The first kappa shape index (κ1) is 14.1. The Morgan fingerprint density at radius 2 is 2.16 bits per heavy atom. The normalized spacial score (nSPS) is 38.7. The van der Waals surface area contributed by atoms with E-state index in [1.165, 1.54) is 42.9 Å². The number of thioether (sulfide) groups is 2. The van der Waals surface area contributed by atoms with Gasteiger partial charge in [-0.2, -0.15) is 23.5 Å². The third-order valence-electron chi connectivity index (χ3n) is 4.57. The molecule has 4 unspecified atom stereocenters. The fourth-order valence-electron chi connectivity index (χ4n) is 3.51. The van der Waals surface area contributed by atoms with Gasteiger partial charge in [0, 0.05) is 35.1 Å². The maximum atomic E-state index is 12.2. The quantitative estimate of drug-likeness (QED) is 0.835. The molecule has 4 atom stereocenters. The molecule has 3 nitrogen and oxygen atoms in total. The van der Waals surface area contributed by atoms with Crippen molar-refractivity contribution in [3.63, 3.8) is 0 Å². The average Bonchev–Trinajstić information content (AvgIpc) is 2.90. The molecular formula is C14H24N2OS2. The minimum Gasteiger partial charge on any atom is -0.354 e. The number of hydrogen-bond acceptors (Lipinski definition) is 4. The minimum atomic E-state index is 0.0781. The Balaban J connectivity index is 1.43. The van der Waals surface area contributed by atoms with Crippen LogP contribution in [0.5, 0.6) is 0 Å². The molecule has 1 aliphatic carbocycles. The Morgan fingerprint density at radius 1 is 1.26 bits per heavy atom.